The van der Waals surface area contributed by atoms with Crippen LogP contribution in [0.1, 0.15) is 13.3 Å². The summed E-state index contributed by atoms with van der Waals surface area (Å²) in [6, 6.07) is -0.773. The van der Waals surface area contributed by atoms with Gasteiger partial charge in [-0.1, -0.05) is 6.92 Å². The average Bonchev–Trinajstić information content (AvgIpc) is 2.34. The summed E-state index contributed by atoms with van der Waals surface area (Å²) in [6.45, 7) is 0.882. The van der Waals surface area contributed by atoms with Crippen molar-refractivity contribution in [3.63, 3.8) is 0 Å². The summed E-state index contributed by atoms with van der Waals surface area (Å²) < 4.78 is 0. The molecule has 1 aliphatic rings. The number of rotatable bonds is 3. The van der Waals surface area contributed by atoms with Crippen molar-refractivity contribution in [3.8, 4) is 0 Å². The first kappa shape index (κ1) is 10.1. The molecule has 1 fully saturated rings. The van der Waals surface area contributed by atoms with E-state index in [1.165, 1.54) is 0 Å². The van der Waals surface area contributed by atoms with Gasteiger partial charge in [0.25, 0.3) is 0 Å². The van der Waals surface area contributed by atoms with Gasteiger partial charge in [-0.25, -0.2) is 0 Å². The number of carbonyl (C=O) groups excluding carboxylic acids is 2. The van der Waals surface area contributed by atoms with Gasteiger partial charge in [-0.15, -0.1) is 0 Å². The van der Waals surface area contributed by atoms with Crippen LogP contribution in [0.4, 0.5) is 0 Å². The maximum absolute atomic E-state index is 11.4. The molecule has 5 heteroatoms. The van der Waals surface area contributed by atoms with E-state index in [4.69, 9.17) is 10.2 Å². The van der Waals surface area contributed by atoms with Gasteiger partial charge < -0.3 is 10.2 Å². The Morgan fingerprint density at radius 1 is 1.46 bits per heavy atom. The van der Waals surface area contributed by atoms with E-state index in [2.05, 4.69) is 0 Å². The Hall–Kier alpha value is -0.940. The van der Waals surface area contributed by atoms with Gasteiger partial charge >= 0.3 is 0 Å². The second kappa shape index (κ2) is 3.85. The first-order valence-corrected chi connectivity index (χ1v) is 4.19. The van der Waals surface area contributed by atoms with Gasteiger partial charge in [0.1, 0.15) is 0 Å². The predicted molar refractivity (Wildman–Crippen MR) is 43.6 cm³/mol. The molecule has 0 aromatic carbocycles. The molecule has 2 N–H and O–H groups in total. The van der Waals surface area contributed by atoms with Crippen LogP contribution in [0.3, 0.4) is 0 Å². The molecular formula is C8H13NO4. The quantitative estimate of drug-likeness (QED) is 0.540. The van der Waals surface area contributed by atoms with Crippen molar-refractivity contribution in [2.75, 3.05) is 13.2 Å². The van der Waals surface area contributed by atoms with Crippen LogP contribution in [0.2, 0.25) is 0 Å². The molecule has 13 heavy (non-hydrogen) atoms. The smallest absolute Gasteiger partial charge is 0.232 e. The predicted octanol–water partition coefficient (Wildman–Crippen LogP) is -1.27. The Kier molecular flexibility index (Phi) is 3.00. The van der Waals surface area contributed by atoms with Gasteiger partial charge in [-0.05, 0) is 0 Å². The Balaban J connectivity index is 2.78. The number of aliphatic hydroxyl groups excluding tert-OH is 2. The van der Waals surface area contributed by atoms with Crippen LogP contribution >= 0.6 is 0 Å². The third-order valence-corrected chi connectivity index (χ3v) is 2.20. The van der Waals surface area contributed by atoms with Crippen LogP contribution in [-0.4, -0.2) is 46.2 Å². The molecular weight excluding hydrogens is 174 g/mol. The van der Waals surface area contributed by atoms with Gasteiger partial charge in [0.05, 0.1) is 19.3 Å². The molecule has 1 aliphatic heterocycles. The summed E-state index contributed by atoms with van der Waals surface area (Å²) in [6.07, 6.45) is 0.176. The first-order valence-electron chi connectivity index (χ1n) is 4.19. The second-order valence-corrected chi connectivity index (χ2v) is 3.23. The second-order valence-electron chi connectivity index (χ2n) is 3.23. The highest BCUT2D eigenvalue weighted by atomic mass is 16.3. The van der Waals surface area contributed by atoms with Gasteiger partial charge in [0, 0.05) is 12.3 Å². The van der Waals surface area contributed by atoms with E-state index in [1.54, 1.807) is 6.92 Å². The molecule has 0 radical (unpaired) electrons. The molecule has 0 aliphatic carbocycles. The third kappa shape index (κ3) is 1.71. The molecule has 5 nitrogen and oxygen atoms in total. The van der Waals surface area contributed by atoms with Crippen LogP contribution in [0.15, 0.2) is 0 Å². The van der Waals surface area contributed by atoms with Crippen molar-refractivity contribution in [1.82, 2.24) is 4.90 Å². The number of amides is 2. The van der Waals surface area contributed by atoms with Crippen molar-refractivity contribution in [1.29, 1.82) is 0 Å². The molecule has 1 unspecified atom stereocenters. The highest BCUT2D eigenvalue weighted by molar-refractivity contribution is 6.03. The summed E-state index contributed by atoms with van der Waals surface area (Å²) >= 11 is 0. The highest BCUT2D eigenvalue weighted by Crippen LogP contribution is 2.20. The number of imide groups is 1. The lowest BCUT2D eigenvalue weighted by molar-refractivity contribution is -0.144. The van der Waals surface area contributed by atoms with Crippen molar-refractivity contribution >= 4 is 11.8 Å². The SMILES string of the molecule is CC1CC(=O)N(C(CO)CO)C1=O. The lowest BCUT2D eigenvalue weighted by atomic mass is 10.1. The number of hydrogen-bond acceptors (Lipinski definition) is 4. The minimum absolute atomic E-state index is 0.176. The van der Waals surface area contributed by atoms with Crippen LogP contribution in [0.25, 0.3) is 0 Å². The van der Waals surface area contributed by atoms with Crippen LogP contribution in [0.5, 0.6) is 0 Å². The Bertz CT molecular complexity index is 224. The lowest BCUT2D eigenvalue weighted by Gasteiger charge is -2.22. The minimum Gasteiger partial charge on any atom is -0.394 e. The summed E-state index contributed by atoms with van der Waals surface area (Å²) in [5.41, 5.74) is 0. The number of carbonyl (C=O) groups is 2. The van der Waals surface area contributed by atoms with E-state index >= 15 is 0 Å². The molecule has 0 saturated carbocycles. The molecule has 1 saturated heterocycles. The van der Waals surface area contributed by atoms with Crippen LogP contribution in [0, 0.1) is 5.92 Å². The number of aliphatic hydroxyl groups is 2. The van der Waals surface area contributed by atoms with E-state index in [0.29, 0.717) is 0 Å². The van der Waals surface area contributed by atoms with Gasteiger partial charge in [0.15, 0.2) is 0 Å². The zero-order valence-corrected chi connectivity index (χ0v) is 7.43. The monoisotopic (exact) mass is 187 g/mol. The lowest BCUT2D eigenvalue weighted by Crippen LogP contribution is -2.44. The molecule has 1 atom stereocenters. The van der Waals surface area contributed by atoms with Crippen molar-refractivity contribution in [3.05, 3.63) is 0 Å². The molecule has 0 spiro atoms. The molecule has 74 valence electrons. The number of nitrogens with zero attached hydrogens (tertiary/aromatic N) is 1. The first-order chi connectivity index (χ1) is 6.11. The summed E-state index contributed by atoms with van der Waals surface area (Å²) in [4.78, 5) is 23.6. The molecule has 0 bridgehead atoms. The largest absolute Gasteiger partial charge is 0.394 e. The van der Waals surface area contributed by atoms with E-state index in [0.717, 1.165) is 4.90 Å². The molecule has 2 amide bonds. The van der Waals surface area contributed by atoms with Crippen LogP contribution < -0.4 is 0 Å². The topological polar surface area (TPSA) is 77.8 Å². The maximum Gasteiger partial charge on any atom is 0.232 e. The van der Waals surface area contributed by atoms with Crippen molar-refractivity contribution < 1.29 is 19.8 Å². The zero-order valence-electron chi connectivity index (χ0n) is 7.43. The molecule has 1 heterocycles. The standard InChI is InChI=1S/C8H13NO4/c1-5-2-7(12)9(8(5)13)6(3-10)4-11/h5-6,10-11H,2-4H2,1H3. The summed E-state index contributed by atoms with van der Waals surface area (Å²) in [7, 11) is 0. The zero-order chi connectivity index (χ0) is 10.0. The molecule has 0 aromatic rings. The fourth-order valence-electron chi connectivity index (χ4n) is 1.41. The van der Waals surface area contributed by atoms with Crippen molar-refractivity contribution in [2.24, 2.45) is 5.92 Å². The Labute approximate surface area is 76.0 Å². The summed E-state index contributed by atoms with van der Waals surface area (Å²) in [5.74, 6) is -0.947. The molecule has 0 aromatic heterocycles. The van der Waals surface area contributed by atoms with E-state index in [9.17, 15) is 9.59 Å². The number of hydrogen-bond donors (Lipinski definition) is 2. The van der Waals surface area contributed by atoms with E-state index < -0.39 is 6.04 Å². The fraction of sp³-hybridized carbons (Fsp3) is 0.750. The van der Waals surface area contributed by atoms with E-state index in [1.807, 2.05) is 0 Å². The Morgan fingerprint density at radius 2 is 2.00 bits per heavy atom. The third-order valence-electron chi connectivity index (χ3n) is 2.20. The Morgan fingerprint density at radius 3 is 2.31 bits per heavy atom. The van der Waals surface area contributed by atoms with Gasteiger partial charge in [-0.2, -0.15) is 0 Å². The van der Waals surface area contributed by atoms with Gasteiger partial charge in [0.2, 0.25) is 11.8 Å². The highest BCUT2D eigenvalue weighted by Gasteiger charge is 2.39. The normalized spacial score (nSPS) is 23.4. The van der Waals surface area contributed by atoms with Crippen molar-refractivity contribution in [2.45, 2.75) is 19.4 Å². The molecule has 1 rings (SSSR count). The van der Waals surface area contributed by atoms with Crippen LogP contribution in [-0.2, 0) is 9.59 Å². The fourth-order valence-corrected chi connectivity index (χ4v) is 1.41. The minimum atomic E-state index is -0.773. The summed E-state index contributed by atoms with van der Waals surface area (Å²) in [5, 5.41) is 17.6. The maximum atomic E-state index is 11.4. The van der Waals surface area contributed by atoms with E-state index in [-0.39, 0.29) is 37.4 Å². The van der Waals surface area contributed by atoms with Gasteiger partial charge in [-0.3, -0.25) is 14.5 Å². The number of likely N-dealkylation sites (tertiary alicyclic amines) is 1. The average molecular weight is 187 g/mol.